The minimum absolute atomic E-state index is 0.0248. The van der Waals surface area contributed by atoms with Crippen LogP contribution in [-0.2, 0) is 9.53 Å². The number of hydrogen-bond donors (Lipinski definition) is 0. The Labute approximate surface area is 169 Å². The zero-order valence-corrected chi connectivity index (χ0v) is 17.7. The average Bonchev–Trinajstić information content (AvgIpc) is 2.69. The summed E-state index contributed by atoms with van der Waals surface area (Å²) in [5, 5.41) is 0. The van der Waals surface area contributed by atoms with Gasteiger partial charge in [0.25, 0.3) is 0 Å². The van der Waals surface area contributed by atoms with Gasteiger partial charge in [-0.1, -0.05) is 47.1 Å². The zero-order chi connectivity index (χ0) is 19.8. The molecule has 0 heterocycles. The third-order valence-corrected chi connectivity index (χ3v) is 5.39. The van der Waals surface area contributed by atoms with E-state index in [2.05, 4.69) is 15.9 Å². The Morgan fingerprint density at radius 2 is 1.37 bits per heavy atom. The number of halogens is 1. The summed E-state index contributed by atoms with van der Waals surface area (Å²) in [5.74, 6) is 1.36. The normalized spacial score (nSPS) is 11.4. The van der Waals surface area contributed by atoms with E-state index in [9.17, 15) is 4.79 Å². The third-order valence-electron chi connectivity index (χ3n) is 4.21. The van der Waals surface area contributed by atoms with Gasteiger partial charge in [-0.2, -0.15) is 0 Å². The Kier molecular flexibility index (Phi) is 7.92. The van der Waals surface area contributed by atoms with Crippen LogP contribution in [0, 0.1) is 5.92 Å². The molecule has 0 bridgehead atoms. The van der Waals surface area contributed by atoms with Gasteiger partial charge < -0.3 is 14.2 Å². The van der Waals surface area contributed by atoms with E-state index < -0.39 is 0 Å². The molecule has 2 aromatic rings. The van der Waals surface area contributed by atoms with Gasteiger partial charge in [0.2, 0.25) is 0 Å². The molecule has 0 fully saturated rings. The number of hydrogen-bond acceptors (Lipinski definition) is 4. The molecular formula is C22H25BrO4. The van der Waals surface area contributed by atoms with E-state index in [-0.39, 0.29) is 11.9 Å². The molecule has 2 aromatic carbocycles. The van der Waals surface area contributed by atoms with Crippen molar-refractivity contribution in [2.75, 3.05) is 20.8 Å². The van der Waals surface area contributed by atoms with E-state index in [0.29, 0.717) is 13.0 Å². The summed E-state index contributed by atoms with van der Waals surface area (Å²) in [4.78, 5) is 11.9. The Hall–Kier alpha value is -2.27. The highest BCUT2D eigenvalue weighted by molar-refractivity contribution is 9.11. The molecule has 0 N–H and O–H groups in total. The maximum Gasteiger partial charge on any atom is 0.306 e. The lowest BCUT2D eigenvalue weighted by atomic mass is 9.93. The monoisotopic (exact) mass is 432 g/mol. The molecule has 1 atom stereocenters. The SMILES string of the molecule is CCOC(=O)CC(C)C(Br)=C(c1ccc(OC)cc1)c1ccc(OC)cc1. The molecule has 5 heteroatoms. The molecule has 0 saturated heterocycles. The first-order valence-electron chi connectivity index (χ1n) is 8.84. The van der Waals surface area contributed by atoms with E-state index in [1.54, 1.807) is 14.2 Å². The van der Waals surface area contributed by atoms with E-state index in [1.165, 1.54) is 0 Å². The fourth-order valence-electron chi connectivity index (χ4n) is 2.76. The summed E-state index contributed by atoms with van der Waals surface area (Å²) < 4.78 is 16.6. The predicted octanol–water partition coefficient (Wildman–Crippen LogP) is 5.45. The summed E-state index contributed by atoms with van der Waals surface area (Å²) in [6.07, 6.45) is 0.310. The van der Waals surface area contributed by atoms with Crippen molar-refractivity contribution in [2.24, 2.45) is 5.92 Å². The van der Waals surface area contributed by atoms with E-state index in [0.717, 1.165) is 32.7 Å². The van der Waals surface area contributed by atoms with Crippen LogP contribution in [0.15, 0.2) is 53.0 Å². The van der Waals surface area contributed by atoms with Gasteiger partial charge in [-0.15, -0.1) is 0 Å². The molecular weight excluding hydrogens is 408 g/mol. The fourth-order valence-corrected chi connectivity index (χ4v) is 3.38. The molecule has 0 amide bonds. The van der Waals surface area contributed by atoms with Gasteiger partial charge >= 0.3 is 5.97 Å². The summed E-state index contributed by atoms with van der Waals surface area (Å²) in [5.41, 5.74) is 3.09. The number of carbonyl (C=O) groups excluding carboxylic acids is 1. The van der Waals surface area contributed by atoms with Crippen LogP contribution in [0.3, 0.4) is 0 Å². The van der Waals surface area contributed by atoms with Crippen molar-refractivity contribution < 1.29 is 19.0 Å². The van der Waals surface area contributed by atoms with E-state index in [1.807, 2.05) is 62.4 Å². The molecule has 0 radical (unpaired) electrons. The predicted molar refractivity (Wildman–Crippen MR) is 111 cm³/mol. The molecule has 4 nitrogen and oxygen atoms in total. The fraction of sp³-hybridized carbons (Fsp3) is 0.318. The first-order chi connectivity index (χ1) is 13.0. The molecule has 0 aliphatic rings. The quantitative estimate of drug-likeness (QED) is 0.520. The first kappa shape index (κ1) is 21.0. The average molecular weight is 433 g/mol. The van der Waals surface area contributed by atoms with Crippen molar-refractivity contribution in [3.63, 3.8) is 0 Å². The molecule has 0 saturated carbocycles. The highest BCUT2D eigenvalue weighted by Gasteiger charge is 2.19. The van der Waals surface area contributed by atoms with Crippen LogP contribution in [-0.4, -0.2) is 26.8 Å². The maximum absolute atomic E-state index is 11.9. The van der Waals surface area contributed by atoms with Crippen molar-refractivity contribution in [3.05, 3.63) is 64.1 Å². The largest absolute Gasteiger partial charge is 0.497 e. The van der Waals surface area contributed by atoms with Gasteiger partial charge in [0, 0.05) is 4.48 Å². The van der Waals surface area contributed by atoms with Crippen LogP contribution < -0.4 is 9.47 Å². The number of methoxy groups -OCH3 is 2. The van der Waals surface area contributed by atoms with E-state index in [4.69, 9.17) is 14.2 Å². The Morgan fingerprint density at radius 1 is 0.926 bits per heavy atom. The van der Waals surface area contributed by atoms with Gasteiger partial charge in [0.15, 0.2) is 0 Å². The van der Waals surface area contributed by atoms with Crippen molar-refractivity contribution >= 4 is 27.5 Å². The standard InChI is InChI=1S/C22H25BrO4/c1-5-27-20(24)14-15(2)22(23)21(16-6-10-18(25-3)11-7-16)17-8-12-19(26-4)13-9-17/h6-13,15H,5,14H2,1-4H3. The second-order valence-corrected chi connectivity index (χ2v) is 6.94. The molecule has 0 aliphatic heterocycles. The number of carbonyl (C=O) groups is 1. The van der Waals surface area contributed by atoms with Gasteiger partial charge in [0.1, 0.15) is 11.5 Å². The van der Waals surface area contributed by atoms with Gasteiger partial charge in [-0.25, -0.2) is 0 Å². The van der Waals surface area contributed by atoms with Crippen molar-refractivity contribution in [1.29, 1.82) is 0 Å². The third kappa shape index (κ3) is 5.60. The minimum Gasteiger partial charge on any atom is -0.497 e. The van der Waals surface area contributed by atoms with Gasteiger partial charge in [0.05, 0.1) is 27.2 Å². The van der Waals surface area contributed by atoms with Gasteiger partial charge in [-0.3, -0.25) is 4.79 Å². The maximum atomic E-state index is 11.9. The van der Waals surface area contributed by atoms with Crippen molar-refractivity contribution in [3.8, 4) is 11.5 Å². The second kappa shape index (κ2) is 10.2. The van der Waals surface area contributed by atoms with Crippen LogP contribution in [0.1, 0.15) is 31.4 Å². The van der Waals surface area contributed by atoms with Gasteiger partial charge in [-0.05, 0) is 53.8 Å². The van der Waals surface area contributed by atoms with E-state index >= 15 is 0 Å². The highest BCUT2D eigenvalue weighted by Crippen LogP contribution is 2.36. The molecule has 0 aromatic heterocycles. The zero-order valence-electron chi connectivity index (χ0n) is 16.1. The molecule has 27 heavy (non-hydrogen) atoms. The molecule has 1 unspecified atom stereocenters. The Bertz CT molecular complexity index is 729. The molecule has 144 valence electrons. The van der Waals surface area contributed by atoms with Crippen molar-refractivity contribution in [2.45, 2.75) is 20.3 Å². The second-order valence-electron chi connectivity index (χ2n) is 6.09. The van der Waals surface area contributed by atoms with Crippen LogP contribution in [0.2, 0.25) is 0 Å². The number of benzene rings is 2. The van der Waals surface area contributed by atoms with Crippen LogP contribution >= 0.6 is 15.9 Å². The summed E-state index contributed by atoms with van der Waals surface area (Å²) in [6.45, 7) is 4.21. The summed E-state index contributed by atoms with van der Waals surface area (Å²) in [7, 11) is 3.29. The lowest BCUT2D eigenvalue weighted by Gasteiger charge is -2.18. The number of ether oxygens (including phenoxy) is 3. The molecule has 2 rings (SSSR count). The van der Waals surface area contributed by atoms with Crippen LogP contribution in [0.4, 0.5) is 0 Å². The minimum atomic E-state index is -0.203. The number of rotatable bonds is 8. The molecule has 0 spiro atoms. The van der Waals surface area contributed by atoms with Crippen LogP contribution in [0.5, 0.6) is 11.5 Å². The van der Waals surface area contributed by atoms with Crippen LogP contribution in [0.25, 0.3) is 5.57 Å². The number of esters is 1. The number of allylic oxidation sites excluding steroid dienone is 1. The Morgan fingerprint density at radius 3 is 1.74 bits per heavy atom. The summed E-state index contributed by atoms with van der Waals surface area (Å²) in [6, 6.07) is 15.7. The lowest BCUT2D eigenvalue weighted by molar-refractivity contribution is -0.143. The summed E-state index contributed by atoms with van der Waals surface area (Å²) >= 11 is 3.74. The topological polar surface area (TPSA) is 44.8 Å². The Balaban J connectivity index is 2.47. The van der Waals surface area contributed by atoms with Crippen molar-refractivity contribution in [1.82, 2.24) is 0 Å². The smallest absolute Gasteiger partial charge is 0.306 e. The lowest BCUT2D eigenvalue weighted by Crippen LogP contribution is -2.10. The highest BCUT2D eigenvalue weighted by atomic mass is 79.9. The first-order valence-corrected chi connectivity index (χ1v) is 9.63. The molecule has 0 aliphatic carbocycles.